The Labute approximate surface area is 167 Å². The first kappa shape index (κ1) is 19.9. The van der Waals surface area contributed by atoms with Crippen molar-refractivity contribution in [3.8, 4) is 23.0 Å². The zero-order valence-corrected chi connectivity index (χ0v) is 16.3. The molecule has 0 bridgehead atoms. The third-order valence-corrected chi connectivity index (χ3v) is 4.00. The lowest BCUT2D eigenvalue weighted by Gasteiger charge is -2.08. The number of nitrogens with zero attached hydrogens (tertiary/aromatic N) is 1. The predicted molar refractivity (Wildman–Crippen MR) is 104 cm³/mol. The molecule has 0 saturated heterocycles. The van der Waals surface area contributed by atoms with E-state index in [1.807, 2.05) is 0 Å². The Balaban J connectivity index is 1.92. The molecule has 0 atom stereocenters. The summed E-state index contributed by atoms with van der Waals surface area (Å²) in [7, 11) is 4.51. The summed E-state index contributed by atoms with van der Waals surface area (Å²) in [6.45, 7) is 1.30. The minimum atomic E-state index is -0.585. The average molecular weight is 397 g/mol. The van der Waals surface area contributed by atoms with Crippen LogP contribution in [-0.2, 0) is 14.3 Å². The zero-order valence-electron chi connectivity index (χ0n) is 16.3. The lowest BCUT2D eigenvalue weighted by atomic mass is 10.1. The fraction of sp³-hybridized carbons (Fsp3) is 0.190. The number of hydrogen-bond donors (Lipinski definition) is 0. The number of methoxy groups -OCH3 is 3. The number of aliphatic imine (C=N–C) groups is 1. The van der Waals surface area contributed by atoms with Gasteiger partial charge in [0.25, 0.3) is 0 Å². The SMILES string of the molecule is COc1ccc(C2=N/C(=C/c3ccc(OC(C)=O)c(OC)c3)C(=O)O2)cc1OC. The number of ether oxygens (including phenoxy) is 5. The molecule has 1 heterocycles. The molecule has 0 radical (unpaired) electrons. The molecule has 0 unspecified atom stereocenters. The maximum atomic E-state index is 12.2. The summed E-state index contributed by atoms with van der Waals surface area (Å²) >= 11 is 0. The fourth-order valence-corrected chi connectivity index (χ4v) is 2.67. The summed E-state index contributed by atoms with van der Waals surface area (Å²) in [4.78, 5) is 27.7. The molecule has 0 aliphatic carbocycles. The Kier molecular flexibility index (Phi) is 5.82. The van der Waals surface area contributed by atoms with Gasteiger partial charge in [0.1, 0.15) is 0 Å². The first-order valence-electron chi connectivity index (χ1n) is 8.56. The Morgan fingerprint density at radius 3 is 2.24 bits per heavy atom. The largest absolute Gasteiger partial charge is 0.493 e. The van der Waals surface area contributed by atoms with Gasteiger partial charge < -0.3 is 23.7 Å². The number of cyclic esters (lactones) is 1. The van der Waals surface area contributed by atoms with Crippen LogP contribution in [0.4, 0.5) is 0 Å². The van der Waals surface area contributed by atoms with Crippen molar-refractivity contribution < 1.29 is 33.3 Å². The molecule has 2 aromatic rings. The molecule has 1 aliphatic heterocycles. The van der Waals surface area contributed by atoms with Crippen LogP contribution in [0.15, 0.2) is 47.1 Å². The second-order valence-electron chi connectivity index (χ2n) is 5.91. The van der Waals surface area contributed by atoms with Gasteiger partial charge in [0.2, 0.25) is 5.90 Å². The molecule has 8 heteroatoms. The van der Waals surface area contributed by atoms with E-state index in [0.717, 1.165) is 0 Å². The lowest BCUT2D eigenvalue weighted by Crippen LogP contribution is -2.06. The van der Waals surface area contributed by atoms with E-state index in [0.29, 0.717) is 28.4 Å². The minimum absolute atomic E-state index is 0.122. The average Bonchev–Trinajstić information content (AvgIpc) is 3.08. The number of carbonyl (C=O) groups excluding carboxylic acids is 2. The normalized spacial score (nSPS) is 14.3. The van der Waals surface area contributed by atoms with Crippen molar-refractivity contribution in [2.24, 2.45) is 4.99 Å². The summed E-state index contributed by atoms with van der Waals surface area (Å²) in [5, 5.41) is 0. The van der Waals surface area contributed by atoms with Gasteiger partial charge in [-0.2, -0.15) is 0 Å². The van der Waals surface area contributed by atoms with Gasteiger partial charge in [0, 0.05) is 12.5 Å². The smallest absolute Gasteiger partial charge is 0.363 e. The third-order valence-electron chi connectivity index (χ3n) is 4.00. The standard InChI is InChI=1S/C21H19NO7/c1-12(23)28-17-7-5-13(10-18(17)26-3)9-15-21(24)29-20(22-15)14-6-8-16(25-2)19(11-14)27-4/h5-11H,1-4H3/b15-9+. The zero-order chi connectivity index (χ0) is 21.0. The molecule has 0 fully saturated rings. The first-order valence-corrected chi connectivity index (χ1v) is 8.56. The van der Waals surface area contributed by atoms with E-state index in [-0.39, 0.29) is 17.3 Å². The van der Waals surface area contributed by atoms with Gasteiger partial charge in [-0.15, -0.1) is 0 Å². The van der Waals surface area contributed by atoms with Gasteiger partial charge in [0.15, 0.2) is 28.7 Å². The van der Waals surface area contributed by atoms with Crippen LogP contribution in [0.1, 0.15) is 18.1 Å². The van der Waals surface area contributed by atoms with Crippen molar-refractivity contribution in [1.29, 1.82) is 0 Å². The molecule has 29 heavy (non-hydrogen) atoms. The van der Waals surface area contributed by atoms with Crippen LogP contribution in [0.2, 0.25) is 0 Å². The van der Waals surface area contributed by atoms with Crippen LogP contribution >= 0.6 is 0 Å². The molecular formula is C21H19NO7. The van der Waals surface area contributed by atoms with Crippen molar-refractivity contribution in [2.75, 3.05) is 21.3 Å². The highest BCUT2D eigenvalue weighted by atomic mass is 16.6. The number of rotatable bonds is 6. The van der Waals surface area contributed by atoms with Crippen molar-refractivity contribution in [3.05, 3.63) is 53.2 Å². The second-order valence-corrected chi connectivity index (χ2v) is 5.91. The van der Waals surface area contributed by atoms with Crippen molar-refractivity contribution in [3.63, 3.8) is 0 Å². The molecule has 0 N–H and O–H groups in total. The van der Waals surface area contributed by atoms with Crippen molar-refractivity contribution in [2.45, 2.75) is 6.92 Å². The Morgan fingerprint density at radius 1 is 0.931 bits per heavy atom. The number of benzene rings is 2. The maximum absolute atomic E-state index is 12.2. The monoisotopic (exact) mass is 397 g/mol. The summed E-state index contributed by atoms with van der Waals surface area (Å²) < 4.78 is 26.1. The molecule has 150 valence electrons. The number of esters is 2. The van der Waals surface area contributed by atoms with E-state index in [4.69, 9.17) is 23.7 Å². The second kappa shape index (κ2) is 8.47. The van der Waals surface area contributed by atoms with Crippen molar-refractivity contribution >= 4 is 23.9 Å². The highest BCUT2D eigenvalue weighted by Gasteiger charge is 2.25. The van der Waals surface area contributed by atoms with Crippen LogP contribution in [0.3, 0.4) is 0 Å². The van der Waals surface area contributed by atoms with Crippen LogP contribution in [-0.4, -0.2) is 39.2 Å². The first-order chi connectivity index (χ1) is 13.9. The van der Waals surface area contributed by atoms with Gasteiger partial charge in [0.05, 0.1) is 21.3 Å². The molecule has 3 rings (SSSR count). The van der Waals surface area contributed by atoms with Crippen LogP contribution < -0.4 is 18.9 Å². The topological polar surface area (TPSA) is 92.7 Å². The van der Waals surface area contributed by atoms with E-state index < -0.39 is 11.9 Å². The summed E-state index contributed by atoms with van der Waals surface area (Å²) in [5.41, 5.74) is 1.32. The molecule has 1 aliphatic rings. The van der Waals surface area contributed by atoms with Crippen LogP contribution in [0.25, 0.3) is 6.08 Å². The number of hydrogen-bond acceptors (Lipinski definition) is 8. The van der Waals surface area contributed by atoms with E-state index in [1.165, 1.54) is 28.3 Å². The number of carbonyl (C=O) groups is 2. The molecule has 2 aromatic carbocycles. The van der Waals surface area contributed by atoms with Gasteiger partial charge in [-0.05, 0) is 42.0 Å². The fourth-order valence-electron chi connectivity index (χ4n) is 2.67. The minimum Gasteiger partial charge on any atom is -0.493 e. The van der Waals surface area contributed by atoms with Gasteiger partial charge in [-0.3, -0.25) is 4.79 Å². The van der Waals surface area contributed by atoms with E-state index >= 15 is 0 Å². The van der Waals surface area contributed by atoms with Gasteiger partial charge in [-0.1, -0.05) is 6.07 Å². The lowest BCUT2D eigenvalue weighted by molar-refractivity contribution is -0.132. The molecule has 0 aromatic heterocycles. The summed E-state index contributed by atoms with van der Waals surface area (Å²) in [6.07, 6.45) is 1.55. The molecule has 0 spiro atoms. The van der Waals surface area contributed by atoms with Crippen LogP contribution in [0, 0.1) is 0 Å². The molecule has 8 nitrogen and oxygen atoms in total. The van der Waals surface area contributed by atoms with Gasteiger partial charge in [-0.25, -0.2) is 9.79 Å². The Bertz CT molecular complexity index is 1020. The molecule has 0 amide bonds. The Hall–Kier alpha value is -3.81. The highest BCUT2D eigenvalue weighted by Crippen LogP contribution is 2.31. The van der Waals surface area contributed by atoms with Gasteiger partial charge >= 0.3 is 11.9 Å². The molecule has 0 saturated carbocycles. The van der Waals surface area contributed by atoms with Crippen LogP contribution in [0.5, 0.6) is 23.0 Å². The quantitative estimate of drug-likeness (QED) is 0.420. The third kappa shape index (κ3) is 4.37. The molecular weight excluding hydrogens is 378 g/mol. The predicted octanol–water partition coefficient (Wildman–Crippen LogP) is 2.98. The summed E-state index contributed by atoms with van der Waals surface area (Å²) in [6, 6.07) is 9.96. The van der Waals surface area contributed by atoms with E-state index in [9.17, 15) is 9.59 Å². The summed E-state index contributed by atoms with van der Waals surface area (Å²) in [5.74, 6) is 0.793. The maximum Gasteiger partial charge on any atom is 0.363 e. The Morgan fingerprint density at radius 2 is 1.59 bits per heavy atom. The van der Waals surface area contributed by atoms with E-state index in [1.54, 1.807) is 42.5 Å². The van der Waals surface area contributed by atoms with E-state index in [2.05, 4.69) is 4.99 Å². The van der Waals surface area contributed by atoms with Crippen molar-refractivity contribution in [1.82, 2.24) is 0 Å². The highest BCUT2D eigenvalue weighted by molar-refractivity contribution is 6.13.